The molecular weight excluding hydrogens is 308 g/mol. The second-order valence-corrected chi connectivity index (χ2v) is 6.06. The maximum atomic E-state index is 11.4. The molecule has 1 aromatic carbocycles. The van der Waals surface area contributed by atoms with Crippen LogP contribution in [0.3, 0.4) is 0 Å². The minimum Gasteiger partial charge on any atom is -0.485 e. The van der Waals surface area contributed by atoms with E-state index in [1.807, 2.05) is 30.1 Å². The molecule has 128 valence electrons. The van der Waals surface area contributed by atoms with Gasteiger partial charge in [-0.2, -0.15) is 0 Å². The average Bonchev–Trinajstić information content (AvgIpc) is 2.52. The number of hydrogen-bond acceptors (Lipinski definition) is 5. The minimum atomic E-state index is -0.481. The van der Waals surface area contributed by atoms with Crippen LogP contribution >= 0.6 is 0 Å². The van der Waals surface area contributed by atoms with Gasteiger partial charge in [-0.25, -0.2) is 4.79 Å². The number of hydrogen-bond donors (Lipinski definition) is 2. The molecule has 1 aliphatic heterocycles. The summed E-state index contributed by atoms with van der Waals surface area (Å²) in [7, 11) is 1.94. The maximum Gasteiger partial charge on any atom is 0.325 e. The van der Waals surface area contributed by atoms with Crippen molar-refractivity contribution in [2.75, 3.05) is 31.6 Å². The summed E-state index contributed by atoms with van der Waals surface area (Å²) in [6.07, 6.45) is 0.0265. The fraction of sp³-hybridized carbons (Fsp3) is 0.412. The molecule has 2 aromatic rings. The van der Waals surface area contributed by atoms with Gasteiger partial charge in [0.25, 0.3) is 5.56 Å². The number of nitrogens with one attached hydrogen (secondary N) is 2. The fourth-order valence-electron chi connectivity index (χ4n) is 3.08. The fourth-order valence-corrected chi connectivity index (χ4v) is 3.08. The first-order chi connectivity index (χ1) is 11.5. The largest absolute Gasteiger partial charge is 0.485 e. The van der Waals surface area contributed by atoms with Gasteiger partial charge in [-0.15, -0.1) is 0 Å². The quantitative estimate of drug-likeness (QED) is 0.847. The lowest BCUT2D eigenvalue weighted by Crippen LogP contribution is -2.45. The zero-order valence-electron chi connectivity index (χ0n) is 13.9. The smallest absolute Gasteiger partial charge is 0.325 e. The number of H-pyrrole nitrogens is 2. The van der Waals surface area contributed by atoms with E-state index in [0.717, 1.165) is 24.5 Å². The predicted octanol–water partition coefficient (Wildman–Crippen LogP) is 0.782. The standard InChI is InChI=1S/C17H22N4O3/c1-3-21-11-13(24-15-7-5-4-6-14(15)21)10-20(2)9-12-8-16(22)19-17(23)18-12/h4-8,13H,3,9-11H2,1-2H3,(H2,18,19,22,23)/t13-/m0/s1. The molecule has 0 radical (unpaired) electrons. The molecule has 0 bridgehead atoms. The van der Waals surface area contributed by atoms with E-state index >= 15 is 0 Å². The molecule has 2 N–H and O–H groups in total. The highest BCUT2D eigenvalue weighted by Crippen LogP contribution is 2.32. The lowest BCUT2D eigenvalue weighted by atomic mass is 10.2. The van der Waals surface area contributed by atoms with E-state index in [0.29, 0.717) is 18.8 Å². The summed E-state index contributed by atoms with van der Waals surface area (Å²) >= 11 is 0. The van der Waals surface area contributed by atoms with E-state index in [1.165, 1.54) is 6.07 Å². The molecule has 0 fully saturated rings. The van der Waals surface area contributed by atoms with E-state index in [2.05, 4.69) is 27.9 Å². The van der Waals surface area contributed by atoms with Crippen LogP contribution in [0.25, 0.3) is 0 Å². The van der Waals surface area contributed by atoms with E-state index in [-0.39, 0.29) is 11.7 Å². The van der Waals surface area contributed by atoms with Crippen LogP contribution in [0, 0.1) is 0 Å². The monoisotopic (exact) mass is 330 g/mol. The Kier molecular flexibility index (Phi) is 4.71. The minimum absolute atomic E-state index is 0.0265. The second-order valence-electron chi connectivity index (χ2n) is 6.06. The first-order valence-electron chi connectivity index (χ1n) is 8.07. The summed E-state index contributed by atoms with van der Waals surface area (Å²) in [5, 5.41) is 0. The SMILES string of the molecule is CCN1C[C@H](CN(C)Cc2cc(=O)[nH]c(=O)[nH]2)Oc2ccccc21. The Morgan fingerprint density at radius 1 is 1.29 bits per heavy atom. The van der Waals surface area contributed by atoms with Gasteiger partial charge in [-0.3, -0.25) is 14.7 Å². The molecule has 1 aromatic heterocycles. The third-order valence-corrected chi connectivity index (χ3v) is 4.08. The highest BCUT2D eigenvalue weighted by Gasteiger charge is 2.25. The summed E-state index contributed by atoms with van der Waals surface area (Å²) in [6.45, 7) is 5.03. The van der Waals surface area contributed by atoms with Gasteiger partial charge in [-0.1, -0.05) is 12.1 Å². The molecule has 1 atom stereocenters. The number of para-hydroxylation sites is 2. The molecule has 0 saturated heterocycles. The number of likely N-dealkylation sites (N-methyl/N-ethyl adjacent to an activating group) is 2. The Morgan fingerprint density at radius 3 is 2.83 bits per heavy atom. The molecule has 0 unspecified atom stereocenters. The summed E-state index contributed by atoms with van der Waals surface area (Å²) in [6, 6.07) is 9.45. The summed E-state index contributed by atoms with van der Waals surface area (Å²) in [5.74, 6) is 0.897. The van der Waals surface area contributed by atoms with Crippen molar-refractivity contribution in [2.45, 2.75) is 19.6 Å². The lowest BCUT2D eigenvalue weighted by molar-refractivity contribution is 0.139. The van der Waals surface area contributed by atoms with Gasteiger partial charge in [0, 0.05) is 31.4 Å². The molecule has 3 rings (SSSR count). The molecule has 24 heavy (non-hydrogen) atoms. The first kappa shape index (κ1) is 16.3. The van der Waals surface area contributed by atoms with Crippen LogP contribution in [-0.2, 0) is 6.54 Å². The number of aromatic nitrogens is 2. The number of aromatic amines is 2. The Bertz CT molecular complexity index is 785. The van der Waals surface area contributed by atoms with Crippen molar-refractivity contribution < 1.29 is 4.74 Å². The van der Waals surface area contributed by atoms with Crippen molar-refractivity contribution in [3.05, 3.63) is 56.9 Å². The van der Waals surface area contributed by atoms with Crippen molar-refractivity contribution in [2.24, 2.45) is 0 Å². The van der Waals surface area contributed by atoms with Gasteiger partial charge in [0.1, 0.15) is 11.9 Å². The van der Waals surface area contributed by atoms with E-state index in [9.17, 15) is 9.59 Å². The van der Waals surface area contributed by atoms with E-state index < -0.39 is 5.69 Å². The van der Waals surface area contributed by atoms with Crippen LogP contribution in [0.2, 0.25) is 0 Å². The Labute approximate surface area is 139 Å². The van der Waals surface area contributed by atoms with Crippen molar-refractivity contribution >= 4 is 5.69 Å². The van der Waals surface area contributed by atoms with Crippen molar-refractivity contribution in [3.8, 4) is 5.75 Å². The van der Waals surface area contributed by atoms with Gasteiger partial charge in [-0.05, 0) is 26.1 Å². The zero-order valence-corrected chi connectivity index (χ0v) is 13.9. The number of benzene rings is 1. The molecule has 7 nitrogen and oxygen atoms in total. The van der Waals surface area contributed by atoms with Crippen LogP contribution in [-0.4, -0.2) is 47.7 Å². The van der Waals surface area contributed by atoms with E-state index in [4.69, 9.17) is 4.74 Å². The third kappa shape index (κ3) is 3.68. The lowest BCUT2D eigenvalue weighted by Gasteiger charge is -2.37. The molecule has 0 amide bonds. The van der Waals surface area contributed by atoms with Gasteiger partial charge < -0.3 is 14.6 Å². The Hall–Kier alpha value is -2.54. The normalized spacial score (nSPS) is 16.8. The number of nitrogens with zero attached hydrogens (tertiary/aromatic N) is 2. The molecule has 2 heterocycles. The maximum absolute atomic E-state index is 11.4. The summed E-state index contributed by atoms with van der Waals surface area (Å²) < 4.78 is 6.10. The molecule has 0 saturated carbocycles. The van der Waals surface area contributed by atoms with Crippen molar-refractivity contribution in [1.29, 1.82) is 0 Å². The third-order valence-electron chi connectivity index (χ3n) is 4.08. The van der Waals surface area contributed by atoms with Gasteiger partial charge in [0.2, 0.25) is 0 Å². The highest BCUT2D eigenvalue weighted by atomic mass is 16.5. The van der Waals surface area contributed by atoms with Gasteiger partial charge in [0.15, 0.2) is 0 Å². The predicted molar refractivity (Wildman–Crippen MR) is 92.8 cm³/mol. The van der Waals surface area contributed by atoms with Gasteiger partial charge >= 0.3 is 5.69 Å². The molecular formula is C17H22N4O3. The van der Waals surface area contributed by atoms with E-state index in [1.54, 1.807) is 0 Å². The van der Waals surface area contributed by atoms with Crippen LogP contribution in [0.15, 0.2) is 39.9 Å². The van der Waals surface area contributed by atoms with Crippen LogP contribution in [0.5, 0.6) is 5.75 Å². The molecule has 7 heteroatoms. The number of anilines is 1. The molecule has 0 spiro atoms. The van der Waals surface area contributed by atoms with Crippen molar-refractivity contribution in [1.82, 2.24) is 14.9 Å². The van der Waals surface area contributed by atoms with Crippen LogP contribution in [0.4, 0.5) is 5.69 Å². The second kappa shape index (κ2) is 6.92. The average molecular weight is 330 g/mol. The number of rotatable bonds is 5. The molecule has 1 aliphatic rings. The highest BCUT2D eigenvalue weighted by molar-refractivity contribution is 5.60. The topological polar surface area (TPSA) is 81.4 Å². The number of fused-ring (bicyclic) bond motifs is 1. The summed E-state index contributed by atoms with van der Waals surface area (Å²) in [4.78, 5) is 31.9. The summed E-state index contributed by atoms with van der Waals surface area (Å²) in [5.41, 5.74) is 0.848. The Balaban J connectivity index is 1.68. The van der Waals surface area contributed by atoms with Crippen molar-refractivity contribution in [3.63, 3.8) is 0 Å². The first-order valence-corrected chi connectivity index (χ1v) is 8.07. The van der Waals surface area contributed by atoms with Gasteiger partial charge in [0.05, 0.1) is 12.2 Å². The molecule has 0 aliphatic carbocycles. The van der Waals surface area contributed by atoms with Crippen LogP contribution < -0.4 is 20.9 Å². The Morgan fingerprint density at radius 2 is 2.08 bits per heavy atom. The number of ether oxygens (including phenoxy) is 1. The van der Waals surface area contributed by atoms with Crippen LogP contribution in [0.1, 0.15) is 12.6 Å². The zero-order chi connectivity index (χ0) is 17.1.